The van der Waals surface area contributed by atoms with E-state index in [1.54, 1.807) is 0 Å². The number of ether oxygens (including phenoxy) is 1. The third kappa shape index (κ3) is 3.46. The third-order valence-electron chi connectivity index (χ3n) is 2.67. The van der Waals surface area contributed by atoms with Crippen LogP contribution in [0.1, 0.15) is 11.1 Å². The maximum absolute atomic E-state index is 5.92. The van der Waals surface area contributed by atoms with Gasteiger partial charge in [0.1, 0.15) is 11.5 Å². The molecule has 0 spiro atoms. The lowest BCUT2D eigenvalue weighted by Gasteiger charge is -2.10. The van der Waals surface area contributed by atoms with Gasteiger partial charge in [-0.3, -0.25) is 0 Å². The molecule has 2 aromatic rings. The predicted molar refractivity (Wildman–Crippen MR) is 83.2 cm³/mol. The highest BCUT2D eigenvalue weighted by molar-refractivity contribution is 14.1. The van der Waals surface area contributed by atoms with Crippen molar-refractivity contribution in [2.24, 2.45) is 0 Å². The van der Waals surface area contributed by atoms with Gasteiger partial charge in [-0.05, 0) is 78.0 Å². The van der Waals surface area contributed by atoms with Crippen LogP contribution >= 0.6 is 22.6 Å². The fourth-order valence-electron chi connectivity index (χ4n) is 1.70. The van der Waals surface area contributed by atoms with E-state index in [1.807, 2.05) is 31.3 Å². The summed E-state index contributed by atoms with van der Waals surface area (Å²) >= 11 is 2.29. The van der Waals surface area contributed by atoms with Crippen molar-refractivity contribution in [3.8, 4) is 11.5 Å². The van der Waals surface area contributed by atoms with Gasteiger partial charge in [0, 0.05) is 10.1 Å². The Labute approximate surface area is 122 Å². The molecule has 2 nitrogen and oxygen atoms in total. The first-order chi connectivity index (χ1) is 8.69. The Morgan fingerprint density at radius 3 is 2.50 bits per heavy atom. The Hall–Kier alpha value is -1.07. The van der Waals surface area contributed by atoms with E-state index in [2.05, 4.69) is 53.0 Å². The molecule has 0 bridgehead atoms. The van der Waals surface area contributed by atoms with Crippen LogP contribution in [-0.4, -0.2) is 7.05 Å². The Bertz CT molecular complexity index is 523. The van der Waals surface area contributed by atoms with Gasteiger partial charge in [0.2, 0.25) is 0 Å². The van der Waals surface area contributed by atoms with Gasteiger partial charge < -0.3 is 10.1 Å². The largest absolute Gasteiger partial charge is 0.457 e. The lowest BCUT2D eigenvalue weighted by atomic mass is 10.1. The van der Waals surface area contributed by atoms with Crippen molar-refractivity contribution in [1.82, 2.24) is 5.32 Å². The Morgan fingerprint density at radius 1 is 1.11 bits per heavy atom. The molecule has 0 saturated heterocycles. The maximum atomic E-state index is 5.92. The molecule has 0 aliphatic rings. The van der Waals surface area contributed by atoms with E-state index in [4.69, 9.17) is 4.74 Å². The van der Waals surface area contributed by atoms with Gasteiger partial charge in [-0.15, -0.1) is 0 Å². The molecule has 0 saturated carbocycles. The van der Waals surface area contributed by atoms with Crippen molar-refractivity contribution in [1.29, 1.82) is 0 Å². The first-order valence-corrected chi connectivity index (χ1v) is 6.94. The lowest BCUT2D eigenvalue weighted by Crippen LogP contribution is -2.05. The average molecular weight is 353 g/mol. The minimum Gasteiger partial charge on any atom is -0.457 e. The van der Waals surface area contributed by atoms with Crippen LogP contribution in [-0.2, 0) is 6.54 Å². The normalized spacial score (nSPS) is 10.4. The molecule has 0 unspecified atom stereocenters. The highest BCUT2D eigenvalue weighted by atomic mass is 127. The van der Waals surface area contributed by atoms with Crippen LogP contribution < -0.4 is 10.1 Å². The molecule has 0 aromatic heterocycles. The number of hydrogen-bond donors (Lipinski definition) is 1. The quantitative estimate of drug-likeness (QED) is 0.836. The SMILES string of the molecule is CNCc1ccc(C)c(Oc2ccc(I)cc2)c1. The van der Waals surface area contributed by atoms with Gasteiger partial charge in [0.25, 0.3) is 0 Å². The van der Waals surface area contributed by atoms with Gasteiger partial charge in [-0.25, -0.2) is 0 Å². The number of halogens is 1. The summed E-state index contributed by atoms with van der Waals surface area (Å²) in [7, 11) is 1.94. The van der Waals surface area contributed by atoms with Crippen LogP contribution in [0.2, 0.25) is 0 Å². The van der Waals surface area contributed by atoms with Crippen LogP contribution in [0.15, 0.2) is 42.5 Å². The molecule has 0 fully saturated rings. The molecule has 0 heterocycles. The standard InChI is InChI=1S/C15H16INO/c1-11-3-4-12(10-17-2)9-15(11)18-14-7-5-13(16)6-8-14/h3-9,17H,10H2,1-2H3. The summed E-state index contributed by atoms with van der Waals surface area (Å²) in [6.45, 7) is 2.91. The smallest absolute Gasteiger partial charge is 0.130 e. The summed E-state index contributed by atoms with van der Waals surface area (Å²) in [5.41, 5.74) is 2.37. The number of hydrogen-bond acceptors (Lipinski definition) is 2. The van der Waals surface area contributed by atoms with E-state index in [0.717, 1.165) is 23.6 Å². The van der Waals surface area contributed by atoms with Crippen LogP contribution in [0.5, 0.6) is 11.5 Å². The second-order valence-corrected chi connectivity index (χ2v) is 5.43. The molecule has 0 radical (unpaired) electrons. The van der Waals surface area contributed by atoms with Gasteiger partial charge in [-0.2, -0.15) is 0 Å². The summed E-state index contributed by atoms with van der Waals surface area (Å²) in [6, 6.07) is 14.4. The van der Waals surface area contributed by atoms with E-state index < -0.39 is 0 Å². The van der Waals surface area contributed by atoms with Gasteiger partial charge >= 0.3 is 0 Å². The lowest BCUT2D eigenvalue weighted by molar-refractivity contribution is 0.478. The molecule has 2 aromatic carbocycles. The van der Waals surface area contributed by atoms with E-state index in [1.165, 1.54) is 9.13 Å². The first-order valence-electron chi connectivity index (χ1n) is 5.86. The molecule has 0 aliphatic heterocycles. The Morgan fingerprint density at radius 2 is 1.83 bits per heavy atom. The number of nitrogens with one attached hydrogen (secondary N) is 1. The van der Waals surface area contributed by atoms with Crippen LogP contribution in [0.3, 0.4) is 0 Å². The van der Waals surface area contributed by atoms with Gasteiger partial charge in [-0.1, -0.05) is 12.1 Å². The molecule has 0 aliphatic carbocycles. The van der Waals surface area contributed by atoms with Gasteiger partial charge in [0.05, 0.1) is 0 Å². The summed E-state index contributed by atoms with van der Waals surface area (Å²) in [4.78, 5) is 0. The zero-order valence-corrected chi connectivity index (χ0v) is 12.7. The molecule has 18 heavy (non-hydrogen) atoms. The third-order valence-corrected chi connectivity index (χ3v) is 3.39. The minimum absolute atomic E-state index is 0.851. The van der Waals surface area contributed by atoms with Crippen molar-refractivity contribution in [2.75, 3.05) is 7.05 Å². The molecule has 3 heteroatoms. The topological polar surface area (TPSA) is 21.3 Å². The molecule has 0 amide bonds. The van der Waals surface area contributed by atoms with E-state index >= 15 is 0 Å². The fraction of sp³-hybridized carbons (Fsp3) is 0.200. The molecule has 94 valence electrons. The molecular formula is C15H16INO. The second kappa shape index (κ2) is 6.20. The van der Waals surface area contributed by atoms with Crippen molar-refractivity contribution < 1.29 is 4.74 Å². The monoisotopic (exact) mass is 353 g/mol. The molecule has 2 rings (SSSR count). The summed E-state index contributed by atoms with van der Waals surface area (Å²) in [5.74, 6) is 1.80. The van der Waals surface area contributed by atoms with Crippen molar-refractivity contribution in [3.63, 3.8) is 0 Å². The molecular weight excluding hydrogens is 337 g/mol. The second-order valence-electron chi connectivity index (χ2n) is 4.19. The zero-order chi connectivity index (χ0) is 13.0. The molecule has 0 atom stereocenters. The highest BCUT2D eigenvalue weighted by Gasteiger charge is 2.03. The summed E-state index contributed by atoms with van der Waals surface area (Å²) in [6.07, 6.45) is 0. The Kier molecular flexibility index (Phi) is 4.60. The van der Waals surface area contributed by atoms with Crippen molar-refractivity contribution >= 4 is 22.6 Å². The Balaban J connectivity index is 2.22. The van der Waals surface area contributed by atoms with Crippen molar-refractivity contribution in [3.05, 3.63) is 57.2 Å². The number of benzene rings is 2. The number of rotatable bonds is 4. The predicted octanol–water partition coefficient (Wildman–Crippen LogP) is 4.11. The number of aryl methyl sites for hydroxylation is 1. The van der Waals surface area contributed by atoms with Crippen LogP contribution in [0.25, 0.3) is 0 Å². The van der Waals surface area contributed by atoms with Gasteiger partial charge in [0.15, 0.2) is 0 Å². The summed E-state index contributed by atoms with van der Waals surface area (Å²) in [5, 5.41) is 3.15. The van der Waals surface area contributed by atoms with Crippen LogP contribution in [0.4, 0.5) is 0 Å². The zero-order valence-electron chi connectivity index (χ0n) is 10.5. The maximum Gasteiger partial charge on any atom is 0.130 e. The van der Waals surface area contributed by atoms with Crippen LogP contribution in [0, 0.1) is 10.5 Å². The summed E-state index contributed by atoms with van der Waals surface area (Å²) < 4.78 is 7.13. The van der Waals surface area contributed by atoms with E-state index in [9.17, 15) is 0 Å². The van der Waals surface area contributed by atoms with E-state index in [-0.39, 0.29) is 0 Å². The van der Waals surface area contributed by atoms with Crippen molar-refractivity contribution in [2.45, 2.75) is 13.5 Å². The highest BCUT2D eigenvalue weighted by Crippen LogP contribution is 2.26. The van der Waals surface area contributed by atoms with E-state index in [0.29, 0.717) is 0 Å². The molecule has 1 N–H and O–H groups in total. The fourth-order valence-corrected chi connectivity index (χ4v) is 2.06. The average Bonchev–Trinajstić information content (AvgIpc) is 2.36. The minimum atomic E-state index is 0.851. The first kappa shape index (κ1) is 13.4.